The number of anilines is 1. The predicted molar refractivity (Wildman–Crippen MR) is 74.3 cm³/mol. The van der Waals surface area contributed by atoms with Crippen LogP contribution >= 0.6 is 0 Å². The highest BCUT2D eigenvalue weighted by molar-refractivity contribution is 5.96. The fourth-order valence-corrected chi connectivity index (χ4v) is 1.66. The van der Waals surface area contributed by atoms with Crippen LogP contribution in [0.1, 0.15) is 21.7 Å². The number of aryl methyl sites for hydroxylation is 1. The molecule has 3 amide bonds. The Labute approximate surface area is 116 Å². The van der Waals surface area contributed by atoms with Gasteiger partial charge in [0.15, 0.2) is 0 Å². The van der Waals surface area contributed by atoms with Gasteiger partial charge < -0.3 is 20.8 Å². The third-order valence-electron chi connectivity index (χ3n) is 2.77. The van der Waals surface area contributed by atoms with Gasteiger partial charge in [-0.05, 0) is 36.8 Å². The summed E-state index contributed by atoms with van der Waals surface area (Å²) in [5.74, 6) is 0.117. The molecule has 6 nitrogen and oxygen atoms in total. The molecule has 0 saturated carbocycles. The lowest BCUT2D eigenvalue weighted by Crippen LogP contribution is -2.28. The zero-order valence-electron chi connectivity index (χ0n) is 11.0. The van der Waals surface area contributed by atoms with E-state index in [1.54, 1.807) is 30.3 Å². The van der Waals surface area contributed by atoms with E-state index in [1.807, 2.05) is 6.92 Å². The van der Waals surface area contributed by atoms with Crippen molar-refractivity contribution in [3.05, 3.63) is 53.5 Å². The van der Waals surface area contributed by atoms with Crippen LogP contribution in [0.4, 0.5) is 10.5 Å². The fraction of sp³-hybridized carbons (Fsp3) is 0.143. The van der Waals surface area contributed by atoms with Crippen molar-refractivity contribution in [2.45, 2.75) is 13.5 Å². The quantitative estimate of drug-likeness (QED) is 0.794. The maximum atomic E-state index is 11.8. The molecule has 0 aliphatic carbocycles. The minimum Gasteiger partial charge on any atom is -0.467 e. The number of primary amides is 1. The minimum atomic E-state index is -0.538. The number of hydrogen-bond donors (Lipinski definition) is 3. The molecular weight excluding hydrogens is 258 g/mol. The van der Waals surface area contributed by atoms with E-state index >= 15 is 0 Å². The lowest BCUT2D eigenvalue weighted by Gasteiger charge is -2.10. The van der Waals surface area contributed by atoms with Gasteiger partial charge in [-0.25, -0.2) is 4.79 Å². The van der Waals surface area contributed by atoms with E-state index in [9.17, 15) is 9.59 Å². The van der Waals surface area contributed by atoms with Crippen molar-refractivity contribution in [1.82, 2.24) is 5.32 Å². The number of urea groups is 1. The largest absolute Gasteiger partial charge is 0.467 e. The van der Waals surface area contributed by atoms with Gasteiger partial charge in [0, 0.05) is 11.3 Å². The molecule has 0 aliphatic rings. The summed E-state index contributed by atoms with van der Waals surface area (Å²) in [7, 11) is 0. The normalized spacial score (nSPS) is 10.1. The average Bonchev–Trinajstić information content (AvgIpc) is 2.92. The third kappa shape index (κ3) is 3.38. The summed E-state index contributed by atoms with van der Waals surface area (Å²) in [5.41, 5.74) is 6.93. The number of nitrogens with one attached hydrogen (secondary N) is 2. The molecule has 1 heterocycles. The number of nitrogens with two attached hydrogens (primary N) is 1. The van der Waals surface area contributed by atoms with Crippen LogP contribution in [-0.2, 0) is 6.54 Å². The first-order valence-electron chi connectivity index (χ1n) is 6.04. The Balaban J connectivity index is 2.00. The molecule has 2 aromatic rings. The molecule has 2 rings (SSSR count). The number of furan rings is 1. The van der Waals surface area contributed by atoms with Crippen molar-refractivity contribution in [2.24, 2.45) is 5.73 Å². The molecule has 20 heavy (non-hydrogen) atoms. The Bertz CT molecular complexity index is 621. The smallest absolute Gasteiger partial charge is 0.319 e. The van der Waals surface area contributed by atoms with Crippen LogP contribution in [0.15, 0.2) is 41.0 Å². The molecule has 0 atom stereocenters. The predicted octanol–water partition coefficient (Wildman–Crippen LogP) is 2.01. The number of carbonyl (C=O) groups excluding carboxylic acids is 2. The molecule has 0 bridgehead atoms. The van der Waals surface area contributed by atoms with Crippen molar-refractivity contribution in [3.63, 3.8) is 0 Å². The van der Waals surface area contributed by atoms with Gasteiger partial charge in [-0.15, -0.1) is 0 Å². The summed E-state index contributed by atoms with van der Waals surface area (Å²) in [5, 5.41) is 5.32. The first kappa shape index (κ1) is 13.7. The molecule has 104 valence electrons. The maximum absolute atomic E-state index is 11.8. The minimum absolute atomic E-state index is 0.285. The average molecular weight is 273 g/mol. The zero-order chi connectivity index (χ0) is 14.5. The Kier molecular flexibility index (Phi) is 4.05. The topological polar surface area (TPSA) is 97.4 Å². The van der Waals surface area contributed by atoms with E-state index in [4.69, 9.17) is 10.2 Å². The molecule has 1 aromatic heterocycles. The lowest BCUT2D eigenvalue weighted by atomic mass is 10.1. The van der Waals surface area contributed by atoms with Crippen LogP contribution in [0, 0.1) is 6.92 Å². The van der Waals surface area contributed by atoms with Crippen LogP contribution in [0.2, 0.25) is 0 Å². The number of amides is 3. The van der Waals surface area contributed by atoms with Crippen molar-refractivity contribution in [3.8, 4) is 0 Å². The van der Waals surface area contributed by atoms with Crippen LogP contribution in [0.3, 0.4) is 0 Å². The van der Waals surface area contributed by atoms with Crippen LogP contribution in [0.25, 0.3) is 0 Å². The van der Waals surface area contributed by atoms with Crippen molar-refractivity contribution >= 4 is 17.6 Å². The summed E-state index contributed by atoms with van der Waals surface area (Å²) in [6.07, 6.45) is 1.54. The van der Waals surface area contributed by atoms with E-state index in [2.05, 4.69) is 10.6 Å². The van der Waals surface area contributed by atoms with Gasteiger partial charge in [0.05, 0.1) is 12.8 Å². The SMILES string of the molecule is Cc1ccc(C(N)=O)cc1NC(=O)NCc1ccco1. The molecule has 1 aromatic carbocycles. The summed E-state index contributed by atoms with van der Waals surface area (Å²) in [4.78, 5) is 22.9. The Morgan fingerprint density at radius 2 is 2.10 bits per heavy atom. The van der Waals surface area contributed by atoms with E-state index in [-0.39, 0.29) is 12.6 Å². The summed E-state index contributed by atoms with van der Waals surface area (Å²) < 4.78 is 5.10. The van der Waals surface area contributed by atoms with E-state index in [1.165, 1.54) is 6.26 Å². The first-order valence-corrected chi connectivity index (χ1v) is 6.04. The van der Waals surface area contributed by atoms with Gasteiger partial charge in [0.25, 0.3) is 0 Å². The van der Waals surface area contributed by atoms with Gasteiger partial charge in [0.1, 0.15) is 5.76 Å². The summed E-state index contributed by atoms with van der Waals surface area (Å²) in [6, 6.07) is 8.01. The molecule has 0 fully saturated rings. The molecule has 6 heteroatoms. The molecule has 0 spiro atoms. The van der Waals surface area contributed by atoms with E-state index in [0.29, 0.717) is 17.0 Å². The number of carbonyl (C=O) groups is 2. The Morgan fingerprint density at radius 3 is 2.75 bits per heavy atom. The molecule has 0 aliphatic heterocycles. The van der Waals surface area contributed by atoms with Gasteiger partial charge in [-0.2, -0.15) is 0 Å². The molecule has 4 N–H and O–H groups in total. The van der Waals surface area contributed by atoms with Crippen molar-refractivity contribution < 1.29 is 14.0 Å². The second kappa shape index (κ2) is 5.92. The number of benzene rings is 1. The van der Waals surface area contributed by atoms with E-state index < -0.39 is 5.91 Å². The maximum Gasteiger partial charge on any atom is 0.319 e. The highest BCUT2D eigenvalue weighted by atomic mass is 16.3. The highest BCUT2D eigenvalue weighted by Crippen LogP contribution is 2.16. The lowest BCUT2D eigenvalue weighted by molar-refractivity contribution is 0.100. The van der Waals surface area contributed by atoms with Gasteiger partial charge in [-0.1, -0.05) is 6.07 Å². The first-order chi connectivity index (χ1) is 9.56. The monoisotopic (exact) mass is 273 g/mol. The fourth-order valence-electron chi connectivity index (χ4n) is 1.66. The molecule has 0 saturated heterocycles. The molecule has 0 radical (unpaired) electrons. The van der Waals surface area contributed by atoms with Gasteiger partial charge in [-0.3, -0.25) is 4.79 Å². The van der Waals surface area contributed by atoms with Crippen LogP contribution in [0.5, 0.6) is 0 Å². The highest BCUT2D eigenvalue weighted by Gasteiger charge is 2.08. The summed E-state index contributed by atoms with van der Waals surface area (Å²) >= 11 is 0. The second-order valence-corrected chi connectivity index (χ2v) is 4.28. The van der Waals surface area contributed by atoms with Crippen LogP contribution < -0.4 is 16.4 Å². The van der Waals surface area contributed by atoms with Crippen molar-refractivity contribution in [1.29, 1.82) is 0 Å². The molecular formula is C14H15N3O3. The standard InChI is InChI=1S/C14H15N3O3/c1-9-4-5-10(13(15)18)7-12(9)17-14(19)16-8-11-3-2-6-20-11/h2-7H,8H2,1H3,(H2,15,18)(H2,16,17,19). The Morgan fingerprint density at radius 1 is 1.30 bits per heavy atom. The third-order valence-corrected chi connectivity index (χ3v) is 2.77. The van der Waals surface area contributed by atoms with Gasteiger partial charge >= 0.3 is 6.03 Å². The number of rotatable bonds is 4. The van der Waals surface area contributed by atoms with E-state index in [0.717, 1.165) is 5.56 Å². The zero-order valence-corrected chi connectivity index (χ0v) is 11.0. The molecule has 0 unspecified atom stereocenters. The second-order valence-electron chi connectivity index (χ2n) is 4.28. The number of hydrogen-bond acceptors (Lipinski definition) is 3. The van der Waals surface area contributed by atoms with Gasteiger partial charge in [0.2, 0.25) is 5.91 Å². The Hall–Kier alpha value is -2.76. The van der Waals surface area contributed by atoms with Crippen LogP contribution in [-0.4, -0.2) is 11.9 Å². The summed E-state index contributed by atoms with van der Waals surface area (Å²) in [6.45, 7) is 2.11. The van der Waals surface area contributed by atoms with Crippen molar-refractivity contribution in [2.75, 3.05) is 5.32 Å².